The molecule has 1 aliphatic rings. The second-order valence-corrected chi connectivity index (χ2v) is 22.9. The molecular weight excluding hydrogens is 483 g/mol. The van der Waals surface area contributed by atoms with Crippen LogP contribution in [0.3, 0.4) is 0 Å². The molecule has 0 N–H and O–H groups in total. The summed E-state index contributed by atoms with van der Waals surface area (Å²) in [5.74, 6) is 0.591. The van der Waals surface area contributed by atoms with Crippen LogP contribution in [0, 0.1) is 5.92 Å². The van der Waals surface area contributed by atoms with Crippen LogP contribution in [0.2, 0.25) is 13.3 Å². The van der Waals surface area contributed by atoms with Crippen LogP contribution in [-0.4, -0.2) is 43.2 Å². The van der Waals surface area contributed by atoms with Gasteiger partial charge in [0.1, 0.15) is 0 Å². The molecule has 1 unspecified atom stereocenters. The summed E-state index contributed by atoms with van der Waals surface area (Å²) in [6.45, 7) is 7.10. The molecule has 0 aliphatic heterocycles. The zero-order chi connectivity index (χ0) is 22.5. The number of allylic oxidation sites excluding steroid dienone is 1. The first-order valence-electron chi connectivity index (χ1n) is 13.1. The van der Waals surface area contributed by atoms with Crippen molar-refractivity contribution in [2.24, 2.45) is 11.0 Å². The van der Waals surface area contributed by atoms with Gasteiger partial charge in [0.2, 0.25) is 0 Å². The third-order valence-electron chi connectivity index (χ3n) is 6.99. The van der Waals surface area contributed by atoms with E-state index >= 15 is 0 Å². The Hall–Kier alpha value is -0.771. The van der Waals surface area contributed by atoms with Crippen molar-refractivity contribution in [1.29, 1.82) is 0 Å². The third-order valence-corrected chi connectivity index (χ3v) is 21.2. The average Bonchev–Trinajstić information content (AvgIpc) is 2.78. The van der Waals surface area contributed by atoms with Gasteiger partial charge in [0.25, 0.3) is 0 Å². The molecule has 0 saturated carbocycles. The Labute approximate surface area is 197 Å². The van der Waals surface area contributed by atoms with Crippen LogP contribution < -0.4 is 0 Å². The summed E-state index contributed by atoms with van der Waals surface area (Å²) < 4.78 is 7.58. The van der Waals surface area contributed by atoms with Gasteiger partial charge in [-0.05, 0) is 0 Å². The van der Waals surface area contributed by atoms with Crippen molar-refractivity contribution in [1.82, 2.24) is 5.01 Å². The van der Waals surface area contributed by atoms with Crippen molar-refractivity contribution in [2.75, 3.05) is 14.1 Å². The van der Waals surface area contributed by atoms with E-state index < -0.39 is 18.4 Å². The van der Waals surface area contributed by atoms with Crippen molar-refractivity contribution in [3.63, 3.8) is 0 Å². The molecule has 1 aliphatic carbocycles. The first kappa shape index (κ1) is 26.5. The molecule has 0 radical (unpaired) electrons. The Morgan fingerprint density at radius 3 is 2.16 bits per heavy atom. The van der Waals surface area contributed by atoms with E-state index in [1.165, 1.54) is 81.0 Å². The number of hydrogen-bond acceptors (Lipinski definition) is 2. The van der Waals surface area contributed by atoms with E-state index in [-0.39, 0.29) is 0 Å². The second-order valence-electron chi connectivity index (χ2n) is 9.88. The van der Waals surface area contributed by atoms with Crippen molar-refractivity contribution >= 4 is 24.1 Å². The molecule has 2 nitrogen and oxygen atoms in total. The fraction of sp³-hybridized carbons (Fsp3) is 0.679. The van der Waals surface area contributed by atoms with Gasteiger partial charge in [-0.25, -0.2) is 0 Å². The summed E-state index contributed by atoms with van der Waals surface area (Å²) in [5.41, 5.74) is 4.18. The predicted molar refractivity (Wildman–Crippen MR) is 142 cm³/mol. The fourth-order valence-electron chi connectivity index (χ4n) is 5.15. The van der Waals surface area contributed by atoms with E-state index in [4.69, 9.17) is 5.10 Å². The molecule has 0 spiro atoms. The van der Waals surface area contributed by atoms with Gasteiger partial charge in [0.15, 0.2) is 0 Å². The molecule has 1 aromatic rings. The van der Waals surface area contributed by atoms with Gasteiger partial charge in [-0.3, -0.25) is 0 Å². The SMILES string of the molecule is CCC[CH2][Sn](/[CH]=C\CCC1CCc2ccccc2/C1=N/N(C)C)([CH2]CCC)[CH2]CCC. The fourth-order valence-corrected chi connectivity index (χ4v) is 19.7. The van der Waals surface area contributed by atoms with Crippen LogP contribution in [0.5, 0.6) is 0 Å². The first-order chi connectivity index (χ1) is 15.0. The molecule has 0 fully saturated rings. The molecule has 1 aromatic carbocycles. The molecule has 31 heavy (non-hydrogen) atoms. The molecule has 174 valence electrons. The molecule has 0 bridgehead atoms. The number of hydrazone groups is 1. The van der Waals surface area contributed by atoms with Crippen molar-refractivity contribution in [2.45, 2.75) is 98.3 Å². The van der Waals surface area contributed by atoms with E-state index in [1.54, 1.807) is 13.3 Å². The van der Waals surface area contributed by atoms with Crippen LogP contribution >= 0.6 is 0 Å². The average molecular weight is 531 g/mol. The van der Waals surface area contributed by atoms with Crippen molar-refractivity contribution < 1.29 is 0 Å². The number of benzene rings is 1. The molecule has 0 heterocycles. The summed E-state index contributed by atoms with van der Waals surface area (Å²) in [6, 6.07) is 8.91. The maximum absolute atomic E-state index is 4.95. The van der Waals surface area contributed by atoms with E-state index in [9.17, 15) is 0 Å². The number of unbranched alkanes of at least 4 members (excludes halogenated alkanes) is 3. The quantitative estimate of drug-likeness (QED) is 0.174. The zero-order valence-electron chi connectivity index (χ0n) is 21.1. The van der Waals surface area contributed by atoms with E-state index in [0.29, 0.717) is 5.92 Å². The summed E-state index contributed by atoms with van der Waals surface area (Å²) in [4.78, 5) is 0. The normalized spacial score (nSPS) is 18.0. The number of fused-ring (bicyclic) bond motifs is 1. The molecule has 0 aromatic heterocycles. The van der Waals surface area contributed by atoms with Crippen LogP contribution in [-0.2, 0) is 6.42 Å². The minimum absolute atomic E-state index is 0.591. The van der Waals surface area contributed by atoms with Gasteiger partial charge in [0, 0.05) is 0 Å². The zero-order valence-corrected chi connectivity index (χ0v) is 24.0. The Balaban J connectivity index is 2.09. The van der Waals surface area contributed by atoms with Crippen LogP contribution in [0.4, 0.5) is 0 Å². The Morgan fingerprint density at radius 2 is 1.58 bits per heavy atom. The molecule has 0 saturated heterocycles. The number of nitrogens with zero attached hydrogens (tertiary/aromatic N) is 2. The van der Waals surface area contributed by atoms with Gasteiger partial charge >= 0.3 is 198 Å². The van der Waals surface area contributed by atoms with E-state index in [2.05, 4.69) is 69.3 Å². The maximum atomic E-state index is 4.95. The van der Waals surface area contributed by atoms with Gasteiger partial charge in [-0.15, -0.1) is 0 Å². The molecule has 2 rings (SSSR count). The van der Waals surface area contributed by atoms with E-state index in [0.717, 1.165) is 0 Å². The number of rotatable bonds is 14. The molecular formula is C28H48N2Sn. The number of aryl methyl sites for hydroxylation is 1. The third kappa shape index (κ3) is 8.59. The van der Waals surface area contributed by atoms with E-state index in [1.807, 2.05) is 5.01 Å². The van der Waals surface area contributed by atoms with Crippen LogP contribution in [0.1, 0.15) is 89.7 Å². The standard InChI is InChI=1S/C16H21N2.3C4H9.Sn/c1-4-5-8-14-12-11-13-9-6-7-10-15(13)16(14)17-18(2)3;3*1-3-4-2;/h1,4,6-7,9-10,14H,5,8,11-12H2,2-3H3;3*1,3-4H2,2H3;/b4-1?,17-16+;;;;. The predicted octanol–water partition coefficient (Wildman–Crippen LogP) is 8.24. The summed E-state index contributed by atoms with van der Waals surface area (Å²) >= 11 is -2.13. The van der Waals surface area contributed by atoms with Gasteiger partial charge in [-0.2, -0.15) is 0 Å². The molecule has 0 amide bonds. The minimum atomic E-state index is -2.13. The van der Waals surface area contributed by atoms with Gasteiger partial charge in [-0.1, -0.05) is 0 Å². The Morgan fingerprint density at radius 1 is 0.968 bits per heavy atom. The Kier molecular flexibility index (Phi) is 12.3. The summed E-state index contributed by atoms with van der Waals surface area (Å²) in [6.07, 6.45) is 16.0. The van der Waals surface area contributed by atoms with Crippen LogP contribution in [0.15, 0.2) is 39.5 Å². The first-order valence-corrected chi connectivity index (χ1v) is 20.8. The van der Waals surface area contributed by atoms with Crippen molar-refractivity contribution in [3.8, 4) is 0 Å². The van der Waals surface area contributed by atoms with Crippen molar-refractivity contribution in [3.05, 3.63) is 45.6 Å². The summed E-state index contributed by atoms with van der Waals surface area (Å²) in [5, 5.41) is 6.94. The number of hydrogen-bond donors (Lipinski definition) is 0. The summed E-state index contributed by atoms with van der Waals surface area (Å²) in [7, 11) is 4.11. The molecule has 1 atom stereocenters. The Bertz CT molecular complexity index is 670. The topological polar surface area (TPSA) is 15.6 Å². The molecule has 3 heteroatoms. The van der Waals surface area contributed by atoms with Crippen LogP contribution in [0.25, 0.3) is 0 Å². The van der Waals surface area contributed by atoms with Gasteiger partial charge < -0.3 is 0 Å². The monoisotopic (exact) mass is 532 g/mol. The second kappa shape index (κ2) is 14.4. The van der Waals surface area contributed by atoms with Gasteiger partial charge in [0.05, 0.1) is 0 Å².